The second-order valence-corrected chi connectivity index (χ2v) is 8.42. The van der Waals surface area contributed by atoms with Crippen molar-refractivity contribution in [3.8, 4) is 5.13 Å². The molecule has 4 aromatic rings. The number of aryl methyl sites for hydroxylation is 2. The zero-order chi connectivity index (χ0) is 22.1. The summed E-state index contributed by atoms with van der Waals surface area (Å²) in [4.78, 5) is 30.3. The quantitative estimate of drug-likeness (QED) is 0.449. The number of para-hydroxylation sites is 1. The van der Waals surface area contributed by atoms with Crippen molar-refractivity contribution >= 4 is 34.5 Å². The molecule has 4 rings (SSSR count). The molecule has 31 heavy (non-hydrogen) atoms. The van der Waals surface area contributed by atoms with Gasteiger partial charge in [-0.1, -0.05) is 47.2 Å². The van der Waals surface area contributed by atoms with Gasteiger partial charge in [-0.25, -0.2) is 9.37 Å². The van der Waals surface area contributed by atoms with E-state index in [1.54, 1.807) is 31.2 Å². The summed E-state index contributed by atoms with van der Waals surface area (Å²) in [7, 11) is 0. The van der Waals surface area contributed by atoms with Crippen molar-refractivity contribution in [2.75, 3.05) is 5.32 Å². The average molecular weight is 457 g/mol. The molecule has 0 aliphatic rings. The number of rotatable bonds is 5. The highest BCUT2D eigenvalue weighted by atomic mass is 35.5. The molecule has 0 fully saturated rings. The number of halogens is 2. The van der Waals surface area contributed by atoms with Gasteiger partial charge in [0, 0.05) is 22.7 Å². The second-order valence-electron chi connectivity index (χ2n) is 7.00. The molecule has 0 unspecified atom stereocenters. The number of thiazole rings is 1. The number of benzene rings is 2. The lowest BCUT2D eigenvalue weighted by Gasteiger charge is -2.04. The normalized spacial score (nSPS) is 11.0. The lowest BCUT2D eigenvalue weighted by Crippen LogP contribution is -2.17. The Bertz CT molecular complexity index is 1320. The van der Waals surface area contributed by atoms with Gasteiger partial charge in [0.2, 0.25) is 5.13 Å². The molecular formula is C22H18ClFN4O2S. The van der Waals surface area contributed by atoms with E-state index in [2.05, 4.69) is 15.4 Å². The Balaban J connectivity index is 1.62. The van der Waals surface area contributed by atoms with E-state index in [1.165, 1.54) is 16.8 Å². The molecule has 2 heterocycles. The van der Waals surface area contributed by atoms with Crippen LogP contribution in [0.2, 0.25) is 5.02 Å². The van der Waals surface area contributed by atoms with Crippen molar-refractivity contribution in [3.05, 3.63) is 97.1 Å². The Morgan fingerprint density at radius 1 is 1.19 bits per heavy atom. The topological polar surface area (TPSA) is 79.8 Å². The molecule has 0 aliphatic heterocycles. The van der Waals surface area contributed by atoms with E-state index < -0.39 is 11.7 Å². The number of aromatic amines is 1. The first-order valence-electron chi connectivity index (χ1n) is 9.42. The number of hydrogen-bond acceptors (Lipinski definition) is 4. The number of amides is 1. The smallest absolute Gasteiger partial charge is 0.277 e. The van der Waals surface area contributed by atoms with E-state index in [0.717, 1.165) is 16.9 Å². The van der Waals surface area contributed by atoms with Gasteiger partial charge in [-0.2, -0.15) is 4.68 Å². The first kappa shape index (κ1) is 21.0. The van der Waals surface area contributed by atoms with Gasteiger partial charge in [0.05, 0.1) is 11.4 Å². The Kier molecular flexibility index (Phi) is 5.75. The van der Waals surface area contributed by atoms with Gasteiger partial charge >= 0.3 is 0 Å². The summed E-state index contributed by atoms with van der Waals surface area (Å²) in [6, 6.07) is 13.2. The van der Waals surface area contributed by atoms with E-state index in [4.69, 9.17) is 11.6 Å². The van der Waals surface area contributed by atoms with Gasteiger partial charge in [0.15, 0.2) is 0 Å². The fourth-order valence-corrected chi connectivity index (χ4v) is 4.21. The molecule has 0 saturated carbocycles. The predicted molar refractivity (Wildman–Crippen MR) is 120 cm³/mol. The third kappa shape index (κ3) is 4.30. The minimum absolute atomic E-state index is 0.0833. The van der Waals surface area contributed by atoms with Crippen molar-refractivity contribution < 1.29 is 9.18 Å². The molecule has 2 aromatic carbocycles. The maximum Gasteiger partial charge on any atom is 0.277 e. The van der Waals surface area contributed by atoms with E-state index in [0.29, 0.717) is 38.4 Å². The largest absolute Gasteiger partial charge is 0.319 e. The van der Waals surface area contributed by atoms with Crippen LogP contribution in [0.1, 0.15) is 32.2 Å². The highest BCUT2D eigenvalue weighted by Gasteiger charge is 2.20. The van der Waals surface area contributed by atoms with Crippen LogP contribution in [0.3, 0.4) is 0 Å². The number of nitrogens with one attached hydrogen (secondary N) is 2. The average Bonchev–Trinajstić information content (AvgIpc) is 3.26. The van der Waals surface area contributed by atoms with Gasteiger partial charge in [-0.05, 0) is 43.7 Å². The first-order chi connectivity index (χ1) is 14.8. The van der Waals surface area contributed by atoms with Crippen LogP contribution in [0.25, 0.3) is 5.13 Å². The van der Waals surface area contributed by atoms with Crippen molar-refractivity contribution in [2.45, 2.75) is 20.3 Å². The molecule has 9 heteroatoms. The van der Waals surface area contributed by atoms with Crippen LogP contribution in [0.4, 0.5) is 10.1 Å². The maximum atomic E-state index is 13.9. The molecule has 0 saturated heterocycles. The van der Waals surface area contributed by atoms with E-state index in [9.17, 15) is 14.0 Å². The molecular weight excluding hydrogens is 439 g/mol. The van der Waals surface area contributed by atoms with Crippen LogP contribution in [0.15, 0.2) is 53.3 Å². The predicted octanol–water partition coefficient (Wildman–Crippen LogP) is 4.87. The number of hydrogen-bond donors (Lipinski definition) is 2. The Hall–Kier alpha value is -3.23. The number of nitrogens with zero attached hydrogens (tertiary/aromatic N) is 2. The second kappa shape index (κ2) is 8.49. The Labute approximate surface area is 186 Å². The first-order valence-corrected chi connectivity index (χ1v) is 10.6. The number of H-pyrrole nitrogens is 1. The number of anilines is 1. The number of carbonyl (C=O) groups is 1. The summed E-state index contributed by atoms with van der Waals surface area (Å²) in [5.41, 5.74) is 2.57. The van der Waals surface area contributed by atoms with Crippen molar-refractivity contribution in [1.29, 1.82) is 0 Å². The van der Waals surface area contributed by atoms with Gasteiger partial charge in [-0.3, -0.25) is 14.7 Å². The van der Waals surface area contributed by atoms with E-state index >= 15 is 0 Å². The maximum absolute atomic E-state index is 13.9. The van der Waals surface area contributed by atoms with Crippen LogP contribution in [0.5, 0.6) is 0 Å². The molecule has 158 valence electrons. The third-order valence-corrected chi connectivity index (χ3v) is 6.19. The molecule has 2 N–H and O–H groups in total. The summed E-state index contributed by atoms with van der Waals surface area (Å²) >= 11 is 6.99. The summed E-state index contributed by atoms with van der Waals surface area (Å²) in [5.74, 6) is -1.01. The lowest BCUT2D eigenvalue weighted by atomic mass is 10.1. The molecule has 2 aromatic heterocycles. The molecule has 0 spiro atoms. The summed E-state index contributed by atoms with van der Waals surface area (Å²) in [6.45, 7) is 3.49. The molecule has 0 radical (unpaired) electrons. The Morgan fingerprint density at radius 2 is 1.90 bits per heavy atom. The molecule has 6 nitrogen and oxygen atoms in total. The van der Waals surface area contributed by atoms with E-state index in [-0.39, 0.29) is 11.2 Å². The highest BCUT2D eigenvalue weighted by molar-refractivity contribution is 7.16. The minimum Gasteiger partial charge on any atom is -0.319 e. The SMILES string of the molecule is Cc1nc(-n2[nH]c(C)c(Cc3ccc(Cl)cc3)c2=O)sc1C(=O)Nc1ccccc1F. The summed E-state index contributed by atoms with van der Waals surface area (Å²) in [5, 5.41) is 6.55. The van der Waals surface area contributed by atoms with Crippen molar-refractivity contribution in [3.63, 3.8) is 0 Å². The van der Waals surface area contributed by atoms with Gasteiger partial charge in [-0.15, -0.1) is 0 Å². The lowest BCUT2D eigenvalue weighted by molar-refractivity contribution is 0.102. The zero-order valence-corrected chi connectivity index (χ0v) is 18.3. The van der Waals surface area contributed by atoms with Crippen molar-refractivity contribution in [2.24, 2.45) is 0 Å². The van der Waals surface area contributed by atoms with Crippen LogP contribution < -0.4 is 10.9 Å². The number of aromatic nitrogens is 3. The van der Waals surface area contributed by atoms with Crippen LogP contribution in [-0.4, -0.2) is 20.7 Å². The van der Waals surface area contributed by atoms with Crippen molar-refractivity contribution in [1.82, 2.24) is 14.8 Å². The molecule has 0 atom stereocenters. The summed E-state index contributed by atoms with van der Waals surface area (Å²) < 4.78 is 15.2. The monoisotopic (exact) mass is 456 g/mol. The standard InChI is InChI=1S/C22H18ClFN4O2S/c1-12-16(11-14-7-9-15(23)10-8-14)21(30)28(27-12)22-25-13(2)19(31-22)20(29)26-18-6-4-3-5-17(18)24/h3-10,27H,11H2,1-2H3,(H,26,29). The third-order valence-electron chi connectivity index (χ3n) is 4.79. The minimum atomic E-state index is -0.527. The fourth-order valence-electron chi connectivity index (χ4n) is 3.16. The molecule has 1 amide bonds. The Morgan fingerprint density at radius 3 is 2.61 bits per heavy atom. The highest BCUT2D eigenvalue weighted by Crippen LogP contribution is 2.23. The molecule has 0 bridgehead atoms. The number of carbonyl (C=O) groups excluding carboxylic acids is 1. The van der Waals surface area contributed by atoms with Crippen LogP contribution in [0, 0.1) is 19.7 Å². The van der Waals surface area contributed by atoms with Gasteiger partial charge in [0.1, 0.15) is 10.7 Å². The zero-order valence-electron chi connectivity index (χ0n) is 16.7. The van der Waals surface area contributed by atoms with Gasteiger partial charge < -0.3 is 5.32 Å². The van der Waals surface area contributed by atoms with Gasteiger partial charge in [0.25, 0.3) is 11.5 Å². The summed E-state index contributed by atoms with van der Waals surface area (Å²) in [6.07, 6.45) is 0.441. The fraction of sp³-hybridized carbons (Fsp3) is 0.136. The molecule has 0 aliphatic carbocycles. The van der Waals surface area contributed by atoms with E-state index in [1.807, 2.05) is 19.1 Å². The van der Waals surface area contributed by atoms with Crippen LogP contribution in [-0.2, 0) is 6.42 Å². The van der Waals surface area contributed by atoms with Crippen LogP contribution >= 0.6 is 22.9 Å².